The molecule has 180 valence electrons. The van der Waals surface area contributed by atoms with Gasteiger partial charge in [-0.3, -0.25) is 9.89 Å². The molecule has 1 aromatic carbocycles. The normalized spacial score (nSPS) is 11.2. The van der Waals surface area contributed by atoms with Crippen LogP contribution < -0.4 is 5.32 Å². The third kappa shape index (κ3) is 6.65. The van der Waals surface area contributed by atoms with Gasteiger partial charge < -0.3 is 15.5 Å². The van der Waals surface area contributed by atoms with Gasteiger partial charge in [-0.05, 0) is 25.5 Å². The van der Waals surface area contributed by atoms with E-state index in [9.17, 15) is 32.6 Å². The van der Waals surface area contributed by atoms with Crippen molar-refractivity contribution in [2.75, 3.05) is 5.32 Å². The van der Waals surface area contributed by atoms with Crippen molar-refractivity contribution in [2.24, 2.45) is 0 Å². The van der Waals surface area contributed by atoms with Crippen LogP contribution in [0.25, 0.3) is 10.6 Å². The van der Waals surface area contributed by atoms with E-state index in [-0.39, 0.29) is 28.6 Å². The first-order chi connectivity index (χ1) is 15.4. The van der Waals surface area contributed by atoms with Crippen LogP contribution >= 0.6 is 22.9 Å². The van der Waals surface area contributed by atoms with Gasteiger partial charge in [0.15, 0.2) is 5.15 Å². The molecular formula is C20H21ClF4N4O3S. The minimum atomic E-state index is -3.96. The van der Waals surface area contributed by atoms with Gasteiger partial charge in [0.25, 0.3) is 5.91 Å². The largest absolute Gasteiger partial charge is 0.507 e. The Bertz CT molecular complexity index is 1090. The van der Waals surface area contributed by atoms with E-state index in [0.717, 1.165) is 23.9 Å². The first-order valence-electron chi connectivity index (χ1n) is 9.62. The van der Waals surface area contributed by atoms with E-state index in [4.69, 9.17) is 11.6 Å². The van der Waals surface area contributed by atoms with Crippen molar-refractivity contribution < 1.29 is 32.6 Å². The average Bonchev–Trinajstić information content (AvgIpc) is 3.32. The summed E-state index contributed by atoms with van der Waals surface area (Å²) < 4.78 is 47.0. The highest BCUT2D eigenvalue weighted by molar-refractivity contribution is 7.15. The Hall–Kier alpha value is -2.70. The molecule has 1 amide bonds. The molecule has 0 aliphatic heterocycles. The summed E-state index contributed by atoms with van der Waals surface area (Å²) in [6.07, 6.45) is -4.04. The van der Waals surface area contributed by atoms with E-state index >= 15 is 0 Å². The molecule has 0 unspecified atom stereocenters. The number of aromatic amines is 1. The van der Waals surface area contributed by atoms with E-state index in [1.54, 1.807) is 6.92 Å². The first-order valence-corrected chi connectivity index (χ1v) is 10.8. The highest BCUT2D eigenvalue weighted by Crippen LogP contribution is 2.35. The molecule has 0 saturated heterocycles. The molecule has 0 spiro atoms. The lowest BCUT2D eigenvalue weighted by atomic mass is 10.1. The molecule has 0 aliphatic rings. The summed E-state index contributed by atoms with van der Waals surface area (Å²) in [5.41, 5.74) is 1.06. The molecule has 2 heterocycles. The number of nitrogens with zero attached hydrogens (tertiary/aromatic N) is 2. The van der Waals surface area contributed by atoms with Gasteiger partial charge in [-0.25, -0.2) is 9.37 Å². The number of aromatic hydroxyl groups is 1. The van der Waals surface area contributed by atoms with E-state index in [1.165, 1.54) is 11.3 Å². The number of aryl methyl sites for hydroxylation is 2. The van der Waals surface area contributed by atoms with Crippen molar-refractivity contribution in [2.45, 2.75) is 46.4 Å². The number of amides is 1. The quantitative estimate of drug-likeness (QED) is 0.335. The number of anilines is 1. The Kier molecular flexibility index (Phi) is 8.81. The second-order valence-electron chi connectivity index (χ2n) is 6.69. The summed E-state index contributed by atoms with van der Waals surface area (Å²) >= 11 is 7.11. The Balaban J connectivity index is 0.000000569. The fraction of sp³-hybridized carbons (Fsp3) is 0.350. The van der Waals surface area contributed by atoms with E-state index < -0.39 is 30.1 Å². The first kappa shape index (κ1) is 26.6. The van der Waals surface area contributed by atoms with E-state index in [2.05, 4.69) is 20.5 Å². The lowest BCUT2D eigenvalue weighted by Gasteiger charge is -2.09. The summed E-state index contributed by atoms with van der Waals surface area (Å²) in [6, 6.07) is 2.09. The van der Waals surface area contributed by atoms with Gasteiger partial charge >= 0.3 is 6.18 Å². The van der Waals surface area contributed by atoms with Crippen molar-refractivity contribution in [1.29, 1.82) is 0 Å². The Morgan fingerprint density at radius 2 is 1.94 bits per heavy atom. The lowest BCUT2D eigenvalue weighted by Crippen LogP contribution is -2.13. The van der Waals surface area contributed by atoms with Crippen LogP contribution in [0.4, 0.5) is 23.2 Å². The zero-order chi connectivity index (χ0) is 24.9. The number of thiazole rings is 1. The van der Waals surface area contributed by atoms with Crippen LogP contribution in [0.1, 0.15) is 46.9 Å². The molecule has 0 atom stereocenters. The Morgan fingerprint density at radius 1 is 1.30 bits per heavy atom. The molecular weight excluding hydrogens is 488 g/mol. The molecule has 0 aliphatic carbocycles. The van der Waals surface area contributed by atoms with Crippen molar-refractivity contribution >= 4 is 34.5 Å². The van der Waals surface area contributed by atoms with Gasteiger partial charge in [-0.1, -0.05) is 25.4 Å². The monoisotopic (exact) mass is 508 g/mol. The standard InChI is InChI=1S/C17H16ClFN4O3S.C3H5F3/c1-3-13-11(6-24)20-17(27-13)8-5-12(25)9(4-10(8)19)16(26)21-14-7(2)22-23-15(14)18;1-2-3(4,5)6/h4-5,24-25H,3,6H2,1-2H3,(H,21,26)(H,22,23);2H2,1H3. The van der Waals surface area contributed by atoms with Crippen LogP contribution in [0.2, 0.25) is 5.15 Å². The van der Waals surface area contributed by atoms with Crippen molar-refractivity contribution in [3.05, 3.63) is 44.9 Å². The topological polar surface area (TPSA) is 111 Å². The van der Waals surface area contributed by atoms with Crippen LogP contribution in [0.3, 0.4) is 0 Å². The fourth-order valence-electron chi connectivity index (χ4n) is 2.53. The number of H-pyrrole nitrogens is 1. The van der Waals surface area contributed by atoms with Gasteiger partial charge in [-0.2, -0.15) is 18.3 Å². The number of aromatic nitrogens is 3. The number of rotatable bonds is 5. The van der Waals surface area contributed by atoms with Gasteiger partial charge in [0.1, 0.15) is 22.3 Å². The number of carbonyl (C=O) groups excluding carboxylic acids is 1. The molecule has 7 nitrogen and oxygen atoms in total. The predicted molar refractivity (Wildman–Crippen MR) is 117 cm³/mol. The summed E-state index contributed by atoms with van der Waals surface area (Å²) in [5, 5.41) is 28.8. The van der Waals surface area contributed by atoms with Gasteiger partial charge in [-0.15, -0.1) is 11.3 Å². The van der Waals surface area contributed by atoms with Crippen molar-refractivity contribution in [3.8, 4) is 16.3 Å². The lowest BCUT2D eigenvalue weighted by molar-refractivity contribution is -0.130. The number of nitrogens with one attached hydrogen (secondary N) is 2. The summed E-state index contributed by atoms with van der Waals surface area (Å²) in [4.78, 5) is 17.5. The third-order valence-electron chi connectivity index (χ3n) is 4.35. The Morgan fingerprint density at radius 3 is 2.39 bits per heavy atom. The molecule has 3 aromatic rings. The molecule has 3 rings (SSSR count). The predicted octanol–water partition coefficient (Wildman–Crippen LogP) is 5.61. The zero-order valence-electron chi connectivity index (χ0n) is 17.8. The zero-order valence-corrected chi connectivity index (χ0v) is 19.3. The van der Waals surface area contributed by atoms with Gasteiger partial charge in [0.05, 0.1) is 23.6 Å². The number of phenolic OH excluding ortho intramolecular Hbond substituents is 1. The summed E-state index contributed by atoms with van der Waals surface area (Å²) in [5.74, 6) is -1.84. The highest BCUT2D eigenvalue weighted by atomic mass is 35.5. The summed E-state index contributed by atoms with van der Waals surface area (Å²) in [7, 11) is 0. The number of hydrogen-bond donors (Lipinski definition) is 4. The number of benzene rings is 1. The highest BCUT2D eigenvalue weighted by Gasteiger charge is 2.23. The maximum atomic E-state index is 14.6. The van der Waals surface area contributed by atoms with Crippen LogP contribution in [-0.2, 0) is 13.0 Å². The molecule has 2 aromatic heterocycles. The SMILES string of the molecule is CCC(F)(F)F.CCc1sc(-c2cc(O)c(C(=O)Nc3c(Cl)n[nH]c3C)cc2F)nc1CO. The number of phenols is 1. The molecule has 0 bridgehead atoms. The van der Waals surface area contributed by atoms with Gasteiger partial charge in [0, 0.05) is 16.9 Å². The number of aliphatic hydroxyl groups excluding tert-OH is 1. The van der Waals surface area contributed by atoms with Crippen molar-refractivity contribution in [1.82, 2.24) is 15.2 Å². The van der Waals surface area contributed by atoms with Crippen LogP contribution in [0.5, 0.6) is 5.75 Å². The minimum absolute atomic E-state index is 0.0565. The number of hydrogen-bond acceptors (Lipinski definition) is 6. The number of carbonyl (C=O) groups is 1. The number of aliphatic hydroxyl groups is 1. The maximum Gasteiger partial charge on any atom is 0.388 e. The maximum absolute atomic E-state index is 14.6. The van der Waals surface area contributed by atoms with Gasteiger partial charge in [0.2, 0.25) is 0 Å². The second kappa shape index (κ2) is 10.9. The molecule has 0 radical (unpaired) electrons. The van der Waals surface area contributed by atoms with E-state index in [1.807, 2.05) is 6.92 Å². The second-order valence-corrected chi connectivity index (χ2v) is 8.13. The van der Waals surface area contributed by atoms with Crippen molar-refractivity contribution in [3.63, 3.8) is 0 Å². The molecule has 4 N–H and O–H groups in total. The minimum Gasteiger partial charge on any atom is -0.507 e. The van der Waals surface area contributed by atoms with E-state index in [0.29, 0.717) is 22.8 Å². The Labute approximate surface area is 195 Å². The third-order valence-corrected chi connectivity index (χ3v) is 5.90. The van der Waals surface area contributed by atoms with Crippen LogP contribution in [-0.4, -0.2) is 37.5 Å². The number of halogens is 5. The summed E-state index contributed by atoms with van der Waals surface area (Å²) in [6.45, 7) is 4.39. The fourth-order valence-corrected chi connectivity index (χ4v) is 3.79. The molecule has 0 fully saturated rings. The smallest absolute Gasteiger partial charge is 0.388 e. The molecule has 33 heavy (non-hydrogen) atoms. The molecule has 13 heteroatoms. The van der Waals surface area contributed by atoms with Crippen LogP contribution in [0.15, 0.2) is 12.1 Å². The average molecular weight is 509 g/mol. The number of alkyl halides is 3. The van der Waals surface area contributed by atoms with Crippen LogP contribution in [0, 0.1) is 12.7 Å². The molecule has 0 saturated carbocycles.